The number of aryl methyl sites for hydroxylation is 1. The first kappa shape index (κ1) is 21.8. The van der Waals surface area contributed by atoms with Gasteiger partial charge in [-0.1, -0.05) is 65.2 Å². The Balaban J connectivity index is 1.33. The summed E-state index contributed by atoms with van der Waals surface area (Å²) in [6.07, 6.45) is 18.6. The van der Waals surface area contributed by atoms with Crippen LogP contribution in [0.5, 0.6) is 5.75 Å². The predicted molar refractivity (Wildman–Crippen MR) is 121 cm³/mol. The zero-order chi connectivity index (χ0) is 20.3. The number of benzene rings is 1. The van der Waals surface area contributed by atoms with E-state index in [-0.39, 0.29) is 0 Å². The minimum atomic E-state index is 0.820. The normalized spacial score (nSPS) is 19.2. The number of ether oxygens (including phenoxy) is 1. The highest BCUT2D eigenvalue weighted by atomic mass is 16.5. The summed E-state index contributed by atoms with van der Waals surface area (Å²) >= 11 is 0. The standard InChI is InChI=1S/C26H38N2O/c1-3-5-6-8-21-10-12-22(13-11-21)9-7-18-29-25-16-14-23(15-17-25)26-20-27-24(4-2)19-28-26/h14-17,19-22H,3-13,18H2,1-2H3. The summed E-state index contributed by atoms with van der Waals surface area (Å²) in [7, 11) is 0. The Labute approximate surface area is 177 Å². The van der Waals surface area contributed by atoms with Gasteiger partial charge in [0.1, 0.15) is 5.75 Å². The van der Waals surface area contributed by atoms with Crippen LogP contribution in [-0.2, 0) is 6.42 Å². The van der Waals surface area contributed by atoms with E-state index in [4.69, 9.17) is 4.74 Å². The molecule has 0 bridgehead atoms. The second kappa shape index (κ2) is 11.9. The molecule has 0 unspecified atom stereocenters. The third-order valence-corrected chi connectivity index (χ3v) is 6.43. The van der Waals surface area contributed by atoms with Gasteiger partial charge in [-0.15, -0.1) is 0 Å². The van der Waals surface area contributed by atoms with E-state index in [9.17, 15) is 0 Å². The SMILES string of the molecule is CCCCCC1CCC(CCCOc2ccc(-c3cnc(CC)cn3)cc2)CC1. The Morgan fingerprint density at radius 2 is 1.52 bits per heavy atom. The van der Waals surface area contributed by atoms with Gasteiger partial charge in [0, 0.05) is 11.8 Å². The minimum Gasteiger partial charge on any atom is -0.494 e. The molecule has 0 atom stereocenters. The number of rotatable bonds is 11. The highest BCUT2D eigenvalue weighted by Gasteiger charge is 2.20. The Bertz CT molecular complexity index is 688. The van der Waals surface area contributed by atoms with Crippen molar-refractivity contribution in [3.63, 3.8) is 0 Å². The Hall–Kier alpha value is -1.90. The molecule has 1 aromatic carbocycles. The molecule has 1 aliphatic carbocycles. The summed E-state index contributed by atoms with van der Waals surface area (Å²) in [6.45, 7) is 5.21. The van der Waals surface area contributed by atoms with Gasteiger partial charge in [0.15, 0.2) is 0 Å². The van der Waals surface area contributed by atoms with E-state index in [1.807, 2.05) is 24.5 Å². The average molecular weight is 395 g/mol. The maximum absolute atomic E-state index is 5.97. The van der Waals surface area contributed by atoms with Crippen LogP contribution in [-0.4, -0.2) is 16.6 Å². The first-order valence-electron chi connectivity index (χ1n) is 11.8. The Morgan fingerprint density at radius 3 is 2.10 bits per heavy atom. The lowest BCUT2D eigenvalue weighted by Gasteiger charge is -2.28. The summed E-state index contributed by atoms with van der Waals surface area (Å²) in [4.78, 5) is 8.93. The van der Waals surface area contributed by atoms with Crippen molar-refractivity contribution in [1.82, 2.24) is 9.97 Å². The fourth-order valence-electron chi connectivity index (χ4n) is 4.46. The molecular formula is C26H38N2O. The van der Waals surface area contributed by atoms with Gasteiger partial charge in [-0.05, 0) is 55.4 Å². The van der Waals surface area contributed by atoms with Crippen LogP contribution in [0.3, 0.4) is 0 Å². The van der Waals surface area contributed by atoms with Crippen molar-refractivity contribution in [3.05, 3.63) is 42.4 Å². The summed E-state index contributed by atoms with van der Waals surface area (Å²) in [6, 6.07) is 8.24. The lowest BCUT2D eigenvalue weighted by atomic mass is 9.78. The summed E-state index contributed by atoms with van der Waals surface area (Å²) in [5.41, 5.74) is 3.03. The number of hydrogen-bond donors (Lipinski definition) is 0. The molecule has 1 saturated carbocycles. The molecule has 1 heterocycles. The molecule has 3 rings (SSSR count). The van der Waals surface area contributed by atoms with Gasteiger partial charge in [-0.25, -0.2) is 0 Å². The van der Waals surface area contributed by atoms with Crippen molar-refractivity contribution >= 4 is 0 Å². The third-order valence-electron chi connectivity index (χ3n) is 6.43. The first-order chi connectivity index (χ1) is 14.3. The zero-order valence-corrected chi connectivity index (χ0v) is 18.4. The molecule has 0 aliphatic heterocycles. The van der Waals surface area contributed by atoms with Crippen LogP contribution in [0, 0.1) is 11.8 Å². The van der Waals surface area contributed by atoms with Crippen molar-refractivity contribution in [3.8, 4) is 17.0 Å². The molecule has 0 amide bonds. The fourth-order valence-corrected chi connectivity index (χ4v) is 4.46. The van der Waals surface area contributed by atoms with Crippen LogP contribution in [0.25, 0.3) is 11.3 Å². The van der Waals surface area contributed by atoms with E-state index in [1.165, 1.54) is 57.8 Å². The molecule has 0 N–H and O–H groups in total. The zero-order valence-electron chi connectivity index (χ0n) is 18.4. The number of hydrogen-bond acceptors (Lipinski definition) is 3. The molecule has 158 valence electrons. The molecule has 1 aliphatic rings. The second-order valence-electron chi connectivity index (χ2n) is 8.64. The van der Waals surface area contributed by atoms with Gasteiger partial charge in [0.05, 0.1) is 24.2 Å². The van der Waals surface area contributed by atoms with Gasteiger partial charge in [0.2, 0.25) is 0 Å². The number of aromatic nitrogens is 2. The molecule has 0 spiro atoms. The van der Waals surface area contributed by atoms with Crippen molar-refractivity contribution < 1.29 is 4.74 Å². The van der Waals surface area contributed by atoms with Crippen molar-refractivity contribution in [2.24, 2.45) is 11.8 Å². The van der Waals surface area contributed by atoms with E-state index < -0.39 is 0 Å². The molecule has 3 nitrogen and oxygen atoms in total. The van der Waals surface area contributed by atoms with Crippen molar-refractivity contribution in [2.75, 3.05) is 6.61 Å². The van der Waals surface area contributed by atoms with Crippen LogP contribution in [0.15, 0.2) is 36.7 Å². The molecule has 1 fully saturated rings. The first-order valence-corrected chi connectivity index (χ1v) is 11.8. The topological polar surface area (TPSA) is 35.0 Å². The molecule has 3 heteroatoms. The number of unbranched alkanes of at least 4 members (excludes halogenated alkanes) is 2. The van der Waals surface area contributed by atoms with E-state index in [1.54, 1.807) is 0 Å². The van der Waals surface area contributed by atoms with E-state index >= 15 is 0 Å². The smallest absolute Gasteiger partial charge is 0.119 e. The quantitative estimate of drug-likeness (QED) is 0.376. The van der Waals surface area contributed by atoms with Crippen LogP contribution >= 0.6 is 0 Å². The second-order valence-corrected chi connectivity index (χ2v) is 8.64. The highest BCUT2D eigenvalue weighted by molar-refractivity contribution is 5.58. The summed E-state index contributed by atoms with van der Waals surface area (Å²) in [5, 5.41) is 0. The third kappa shape index (κ3) is 7.13. The maximum Gasteiger partial charge on any atom is 0.119 e. The lowest BCUT2D eigenvalue weighted by molar-refractivity contribution is 0.228. The van der Waals surface area contributed by atoms with Crippen LogP contribution in [0.1, 0.15) is 83.7 Å². The van der Waals surface area contributed by atoms with Crippen molar-refractivity contribution in [2.45, 2.75) is 84.5 Å². The minimum absolute atomic E-state index is 0.820. The van der Waals surface area contributed by atoms with Crippen LogP contribution in [0.4, 0.5) is 0 Å². The Morgan fingerprint density at radius 1 is 0.828 bits per heavy atom. The van der Waals surface area contributed by atoms with Crippen LogP contribution in [0.2, 0.25) is 0 Å². The number of nitrogens with zero attached hydrogens (tertiary/aromatic N) is 2. The fraction of sp³-hybridized carbons (Fsp3) is 0.615. The molecular weight excluding hydrogens is 356 g/mol. The monoisotopic (exact) mass is 394 g/mol. The lowest BCUT2D eigenvalue weighted by Crippen LogP contribution is -2.15. The van der Waals surface area contributed by atoms with Gasteiger partial charge in [-0.2, -0.15) is 0 Å². The molecule has 1 aromatic heterocycles. The molecule has 0 radical (unpaired) electrons. The van der Waals surface area contributed by atoms with E-state index in [2.05, 4.69) is 35.9 Å². The highest BCUT2D eigenvalue weighted by Crippen LogP contribution is 2.34. The van der Waals surface area contributed by atoms with E-state index in [0.29, 0.717) is 0 Å². The summed E-state index contributed by atoms with van der Waals surface area (Å²) in [5.74, 6) is 2.88. The summed E-state index contributed by atoms with van der Waals surface area (Å²) < 4.78 is 5.97. The largest absolute Gasteiger partial charge is 0.494 e. The molecule has 0 saturated heterocycles. The van der Waals surface area contributed by atoms with E-state index in [0.717, 1.165) is 54.0 Å². The molecule has 29 heavy (non-hydrogen) atoms. The van der Waals surface area contributed by atoms with Gasteiger partial charge in [-0.3, -0.25) is 9.97 Å². The van der Waals surface area contributed by atoms with Crippen LogP contribution < -0.4 is 4.74 Å². The van der Waals surface area contributed by atoms with Crippen molar-refractivity contribution in [1.29, 1.82) is 0 Å². The predicted octanol–water partition coefficient (Wildman–Crippen LogP) is 7.25. The molecule has 2 aromatic rings. The Kier molecular flexibility index (Phi) is 8.98. The maximum atomic E-state index is 5.97. The van der Waals surface area contributed by atoms with Gasteiger partial charge < -0.3 is 4.74 Å². The van der Waals surface area contributed by atoms with Gasteiger partial charge >= 0.3 is 0 Å². The van der Waals surface area contributed by atoms with Gasteiger partial charge in [0.25, 0.3) is 0 Å². The average Bonchev–Trinajstić information content (AvgIpc) is 2.78.